The van der Waals surface area contributed by atoms with Crippen molar-refractivity contribution in [3.8, 4) is 0 Å². The van der Waals surface area contributed by atoms with Crippen molar-refractivity contribution in [2.75, 3.05) is 20.3 Å². The van der Waals surface area contributed by atoms with Gasteiger partial charge in [-0.2, -0.15) is 0 Å². The quantitative estimate of drug-likeness (QED) is 0.154. The van der Waals surface area contributed by atoms with Crippen molar-refractivity contribution in [3.63, 3.8) is 0 Å². The van der Waals surface area contributed by atoms with Crippen LogP contribution >= 0.6 is 0 Å². The molecule has 210 valence electrons. The van der Waals surface area contributed by atoms with Gasteiger partial charge in [0.15, 0.2) is 6.10 Å². The Kier molecular flexibility index (Phi) is 8.58. The summed E-state index contributed by atoms with van der Waals surface area (Å²) in [7, 11) is 1.64. The molecule has 0 bridgehead atoms. The third kappa shape index (κ3) is 4.70. The second kappa shape index (κ2) is 10.9. The highest BCUT2D eigenvalue weighted by molar-refractivity contribution is 5.06. The molecule has 2 aliphatic carbocycles. The second-order valence-electron chi connectivity index (χ2n) is 10.2. The first-order valence-electron chi connectivity index (χ1n) is 12.2. The van der Waals surface area contributed by atoms with Crippen molar-refractivity contribution in [3.05, 3.63) is 0 Å². The van der Waals surface area contributed by atoms with Crippen molar-refractivity contribution in [1.82, 2.24) is 5.32 Å². The van der Waals surface area contributed by atoms with Crippen LogP contribution in [0.5, 0.6) is 0 Å². The van der Waals surface area contributed by atoms with E-state index in [0.29, 0.717) is 6.42 Å². The predicted molar refractivity (Wildman–Crippen MR) is 118 cm³/mol. The molecule has 0 aromatic carbocycles. The minimum absolute atomic E-state index is 0.0223. The van der Waals surface area contributed by atoms with E-state index in [4.69, 9.17) is 30.4 Å². The van der Waals surface area contributed by atoms with Gasteiger partial charge in [-0.25, -0.2) is 0 Å². The lowest BCUT2D eigenvalue weighted by Gasteiger charge is -2.46. The molecule has 0 amide bonds. The van der Waals surface area contributed by atoms with Crippen LogP contribution in [0.25, 0.3) is 0 Å². The summed E-state index contributed by atoms with van der Waals surface area (Å²) in [4.78, 5) is 0. The molecule has 1 unspecified atom stereocenters. The number of aliphatic hydroxyl groups excluding tert-OH is 8. The van der Waals surface area contributed by atoms with Crippen molar-refractivity contribution in [2.24, 2.45) is 17.4 Å². The van der Waals surface area contributed by atoms with E-state index in [0.717, 1.165) is 0 Å². The molecule has 0 aromatic rings. The summed E-state index contributed by atoms with van der Waals surface area (Å²) in [5.41, 5.74) is 11.9. The maximum atomic E-state index is 10.9. The van der Waals surface area contributed by atoms with Gasteiger partial charge in [0.1, 0.15) is 36.6 Å². The number of aliphatic hydroxyl groups is 8. The number of rotatable bonds is 6. The molecule has 0 aromatic heterocycles. The highest BCUT2D eigenvalue weighted by Crippen LogP contribution is 2.46. The number of nitrogens with one attached hydrogen (secondary N) is 1. The Hall–Kier alpha value is -0.600. The normalized spacial score (nSPS) is 54.4. The molecule has 4 fully saturated rings. The van der Waals surface area contributed by atoms with E-state index < -0.39 is 110 Å². The van der Waals surface area contributed by atoms with Crippen molar-refractivity contribution in [2.45, 2.75) is 104 Å². The molecule has 15 nitrogen and oxygen atoms in total. The smallest absolute Gasteiger partial charge is 0.314 e. The predicted octanol–water partition coefficient (Wildman–Crippen LogP) is -6.61. The number of ether oxygens (including phenoxy) is 4. The number of hydrogen-bond acceptors (Lipinski definition) is 15. The molecule has 16 atom stereocenters. The van der Waals surface area contributed by atoms with Crippen LogP contribution in [0.2, 0.25) is 0 Å². The van der Waals surface area contributed by atoms with E-state index in [-0.39, 0.29) is 6.42 Å². The number of nitrogens with two attached hydrogens (primary N) is 2. The lowest BCUT2D eigenvalue weighted by atomic mass is 9.80. The molecule has 13 N–H and O–H groups in total. The summed E-state index contributed by atoms with van der Waals surface area (Å²) in [5, 5.41) is 86.1. The Balaban J connectivity index is 1.62. The van der Waals surface area contributed by atoms with Crippen LogP contribution in [0.4, 0.5) is 0 Å². The van der Waals surface area contributed by atoms with E-state index in [1.807, 2.05) is 0 Å². The summed E-state index contributed by atoms with van der Waals surface area (Å²) in [5.74, 6) is -3.17. The molecule has 4 rings (SSSR count). The van der Waals surface area contributed by atoms with E-state index >= 15 is 0 Å². The minimum atomic E-state index is -2.40. The van der Waals surface area contributed by atoms with Crippen LogP contribution in [0.3, 0.4) is 0 Å². The van der Waals surface area contributed by atoms with Gasteiger partial charge in [0.2, 0.25) is 0 Å². The standard InChI is InChI=1S/C21H39N3O12/c1-24-9-3-7(22)12(28)18(13(9)29)33-10-2-6(4-25)11(27)19-17(10)35-21(36-19)20(32)15(31)14(30)16(34-21)8(23)5-26/h6-20,24-32H,2-5,22-23H2,1H3/t6-,7-,8+,9+,10-,11+,12+,13-,14-,15-,16-,17-,18-,19+,20-,21?/m1/s1. The Morgan fingerprint density at radius 1 is 0.917 bits per heavy atom. The van der Waals surface area contributed by atoms with Crippen LogP contribution < -0.4 is 16.8 Å². The van der Waals surface area contributed by atoms with Crippen molar-refractivity contribution in [1.29, 1.82) is 0 Å². The first kappa shape index (κ1) is 28.4. The van der Waals surface area contributed by atoms with Crippen molar-refractivity contribution < 1.29 is 59.8 Å². The summed E-state index contributed by atoms with van der Waals surface area (Å²) in [6.45, 7) is -1.09. The zero-order valence-electron chi connectivity index (χ0n) is 19.9. The Labute approximate surface area is 207 Å². The zero-order valence-corrected chi connectivity index (χ0v) is 19.9. The SMILES string of the molecule is CN[C@H]1C[C@@H](N)[C@H](O)[C@@H](O[C@@H]2C[C@H](CO)[C@H](O)[C@@H]3OC4(O[C@H]([C@@H](N)CO)[C@H](O)[C@@H](O)[C@H]4O)O[C@@H]32)[C@@H]1O. The van der Waals surface area contributed by atoms with Gasteiger partial charge in [0.05, 0.1) is 37.1 Å². The molecule has 2 aliphatic heterocycles. The van der Waals surface area contributed by atoms with E-state index in [9.17, 15) is 40.9 Å². The average molecular weight is 526 g/mol. The monoisotopic (exact) mass is 525 g/mol. The Morgan fingerprint density at radius 2 is 1.58 bits per heavy atom. The maximum absolute atomic E-state index is 10.9. The molecule has 2 heterocycles. The minimum Gasteiger partial charge on any atom is -0.396 e. The lowest BCUT2D eigenvalue weighted by molar-refractivity contribution is -0.438. The fourth-order valence-electron chi connectivity index (χ4n) is 5.71. The van der Waals surface area contributed by atoms with Gasteiger partial charge in [0.25, 0.3) is 0 Å². The lowest BCUT2D eigenvalue weighted by Crippen LogP contribution is -2.68. The van der Waals surface area contributed by atoms with Crippen LogP contribution in [-0.4, -0.2) is 152 Å². The van der Waals surface area contributed by atoms with E-state index in [1.54, 1.807) is 7.05 Å². The third-order valence-electron chi connectivity index (χ3n) is 7.94. The van der Waals surface area contributed by atoms with Crippen LogP contribution in [0.1, 0.15) is 12.8 Å². The van der Waals surface area contributed by atoms with Gasteiger partial charge in [-0.3, -0.25) is 0 Å². The molecule has 2 saturated heterocycles. The molecule has 4 aliphatic rings. The third-order valence-corrected chi connectivity index (χ3v) is 7.94. The summed E-state index contributed by atoms with van der Waals surface area (Å²) in [6, 6.07) is -2.36. The van der Waals surface area contributed by atoms with Gasteiger partial charge in [0, 0.05) is 24.6 Å². The molecule has 15 heteroatoms. The zero-order chi connectivity index (χ0) is 26.5. The fraction of sp³-hybridized carbons (Fsp3) is 1.00. The molecular formula is C21H39N3O12. The number of hydrogen-bond donors (Lipinski definition) is 11. The Bertz CT molecular complexity index is 755. The molecule has 1 spiro atoms. The average Bonchev–Trinajstić information content (AvgIpc) is 3.27. The molecule has 2 saturated carbocycles. The highest BCUT2D eigenvalue weighted by Gasteiger charge is 2.67. The topological polar surface area (TPSA) is 263 Å². The van der Waals surface area contributed by atoms with Gasteiger partial charge in [-0.15, -0.1) is 0 Å². The van der Waals surface area contributed by atoms with Gasteiger partial charge < -0.3 is 76.6 Å². The van der Waals surface area contributed by atoms with E-state index in [1.165, 1.54) is 0 Å². The van der Waals surface area contributed by atoms with Gasteiger partial charge in [-0.05, 0) is 19.9 Å². The van der Waals surface area contributed by atoms with Crippen molar-refractivity contribution >= 4 is 0 Å². The van der Waals surface area contributed by atoms with Crippen LogP contribution in [0.15, 0.2) is 0 Å². The van der Waals surface area contributed by atoms with E-state index in [2.05, 4.69) is 5.32 Å². The fourth-order valence-corrected chi connectivity index (χ4v) is 5.71. The molecule has 36 heavy (non-hydrogen) atoms. The molecule has 0 radical (unpaired) electrons. The first-order valence-corrected chi connectivity index (χ1v) is 12.2. The summed E-state index contributed by atoms with van der Waals surface area (Å²) < 4.78 is 23.5. The number of likely N-dealkylation sites (N-methyl/N-ethyl adjacent to an activating group) is 1. The maximum Gasteiger partial charge on any atom is 0.314 e. The highest BCUT2D eigenvalue weighted by atomic mass is 16.9. The van der Waals surface area contributed by atoms with Crippen LogP contribution in [-0.2, 0) is 18.9 Å². The Morgan fingerprint density at radius 3 is 2.19 bits per heavy atom. The molecular weight excluding hydrogens is 486 g/mol. The first-order chi connectivity index (χ1) is 17.0. The van der Waals surface area contributed by atoms with Gasteiger partial charge >= 0.3 is 5.97 Å². The summed E-state index contributed by atoms with van der Waals surface area (Å²) in [6.07, 6.45) is -14.8. The van der Waals surface area contributed by atoms with Crippen LogP contribution in [0, 0.1) is 5.92 Å². The summed E-state index contributed by atoms with van der Waals surface area (Å²) >= 11 is 0. The second-order valence-corrected chi connectivity index (χ2v) is 10.2. The van der Waals surface area contributed by atoms with Gasteiger partial charge in [-0.1, -0.05) is 0 Å². The largest absolute Gasteiger partial charge is 0.396 e. The number of fused-ring (bicyclic) bond motifs is 1.